The first kappa shape index (κ1) is 19.3. The molecule has 0 aliphatic heterocycles. The molecule has 150 valence electrons. The van der Waals surface area contributed by atoms with Crippen LogP contribution in [0.5, 0.6) is 11.5 Å². The van der Waals surface area contributed by atoms with Crippen molar-refractivity contribution in [1.29, 1.82) is 0 Å². The first-order valence-corrected chi connectivity index (χ1v) is 9.14. The average molecular weight is 402 g/mol. The highest BCUT2D eigenvalue weighted by Crippen LogP contribution is 2.38. The van der Waals surface area contributed by atoms with Gasteiger partial charge in [-0.25, -0.2) is 9.59 Å². The Kier molecular flexibility index (Phi) is 4.98. The second kappa shape index (κ2) is 7.75. The molecule has 0 aliphatic carbocycles. The smallest absolute Gasteiger partial charge is 0.336 e. The highest BCUT2D eigenvalue weighted by Gasteiger charge is 2.15. The molecule has 6 nitrogen and oxygen atoms in total. The van der Waals surface area contributed by atoms with Crippen molar-refractivity contribution in [3.8, 4) is 33.8 Å². The fraction of sp³-hybridized carbons (Fsp3) is 0.0833. The summed E-state index contributed by atoms with van der Waals surface area (Å²) in [5.41, 5.74) is 3.33. The summed E-state index contributed by atoms with van der Waals surface area (Å²) < 4.78 is 16.2. The Bertz CT molecular complexity index is 1300. The fourth-order valence-electron chi connectivity index (χ4n) is 3.42. The Morgan fingerprint density at radius 1 is 0.867 bits per heavy atom. The highest BCUT2D eigenvalue weighted by molar-refractivity contribution is 5.99. The second-order valence-corrected chi connectivity index (χ2v) is 6.65. The molecule has 0 radical (unpaired) electrons. The number of benzene rings is 3. The zero-order valence-corrected chi connectivity index (χ0v) is 16.3. The predicted molar refractivity (Wildman–Crippen MR) is 113 cm³/mol. The van der Waals surface area contributed by atoms with Crippen LogP contribution in [0.4, 0.5) is 0 Å². The molecule has 3 aromatic carbocycles. The van der Waals surface area contributed by atoms with Gasteiger partial charge in [-0.1, -0.05) is 30.3 Å². The summed E-state index contributed by atoms with van der Waals surface area (Å²) in [4.78, 5) is 23.3. The van der Waals surface area contributed by atoms with E-state index in [1.807, 2.05) is 24.3 Å². The maximum Gasteiger partial charge on any atom is 0.336 e. The topological polar surface area (TPSA) is 86.0 Å². The minimum atomic E-state index is -0.972. The Balaban J connectivity index is 1.90. The normalized spacial score (nSPS) is 10.7. The number of carbonyl (C=O) groups is 1. The minimum Gasteiger partial charge on any atom is -0.496 e. The van der Waals surface area contributed by atoms with Gasteiger partial charge in [-0.05, 0) is 34.9 Å². The molecule has 6 heteroatoms. The second-order valence-electron chi connectivity index (χ2n) is 6.65. The summed E-state index contributed by atoms with van der Waals surface area (Å²) in [6.45, 7) is 0. The van der Waals surface area contributed by atoms with E-state index in [0.29, 0.717) is 28.0 Å². The Morgan fingerprint density at radius 3 is 2.27 bits per heavy atom. The lowest BCUT2D eigenvalue weighted by atomic mass is 9.96. The van der Waals surface area contributed by atoms with E-state index in [9.17, 15) is 9.59 Å². The van der Waals surface area contributed by atoms with Gasteiger partial charge >= 0.3 is 11.6 Å². The Labute approximate surface area is 171 Å². The molecule has 1 heterocycles. The van der Waals surface area contributed by atoms with Crippen molar-refractivity contribution in [1.82, 2.24) is 0 Å². The first-order valence-electron chi connectivity index (χ1n) is 9.14. The monoisotopic (exact) mass is 402 g/mol. The van der Waals surface area contributed by atoms with Gasteiger partial charge in [0.15, 0.2) is 0 Å². The largest absolute Gasteiger partial charge is 0.496 e. The molecule has 1 N–H and O–H groups in total. The van der Waals surface area contributed by atoms with Gasteiger partial charge in [0.1, 0.15) is 17.1 Å². The Hall–Kier alpha value is -4.06. The summed E-state index contributed by atoms with van der Waals surface area (Å²) in [6.07, 6.45) is 0. The molecule has 4 aromatic rings. The number of aromatic carboxylic acids is 1. The molecule has 1 aromatic heterocycles. The number of rotatable bonds is 5. The number of fused-ring (bicyclic) bond motifs is 1. The summed E-state index contributed by atoms with van der Waals surface area (Å²) in [7, 11) is 3.07. The third-order valence-corrected chi connectivity index (χ3v) is 4.88. The number of hydrogen-bond acceptors (Lipinski definition) is 5. The average Bonchev–Trinajstić information content (AvgIpc) is 2.77. The van der Waals surface area contributed by atoms with Crippen LogP contribution in [0.25, 0.3) is 33.2 Å². The maximum atomic E-state index is 12.2. The van der Waals surface area contributed by atoms with Crippen molar-refractivity contribution in [3.05, 3.63) is 82.7 Å². The third-order valence-electron chi connectivity index (χ3n) is 4.88. The minimum absolute atomic E-state index is 0.222. The molecule has 30 heavy (non-hydrogen) atoms. The summed E-state index contributed by atoms with van der Waals surface area (Å²) in [5, 5.41) is 9.76. The maximum absolute atomic E-state index is 12.2. The molecule has 0 aliphatic rings. The standard InChI is InChI=1S/C24H18O6/c1-28-18-11-20(29-2)23-19(13-22(25)30-21(23)12-18)17-5-3-4-16(10-17)14-6-8-15(9-7-14)24(26)27/h3-13H,1-2H3,(H,26,27). The number of carboxylic acids is 1. The summed E-state index contributed by atoms with van der Waals surface area (Å²) in [6, 6.07) is 19.1. The number of hydrogen-bond donors (Lipinski definition) is 1. The van der Waals surface area contributed by atoms with Gasteiger partial charge < -0.3 is 19.0 Å². The van der Waals surface area contributed by atoms with Crippen LogP contribution in [0.1, 0.15) is 10.4 Å². The molecule has 0 saturated carbocycles. The highest BCUT2D eigenvalue weighted by atomic mass is 16.5. The fourth-order valence-corrected chi connectivity index (χ4v) is 3.42. The van der Waals surface area contributed by atoms with Crippen molar-refractivity contribution >= 4 is 16.9 Å². The number of ether oxygens (including phenoxy) is 2. The summed E-state index contributed by atoms with van der Waals surface area (Å²) in [5.74, 6) is 0.0755. The van der Waals surface area contributed by atoms with E-state index in [0.717, 1.165) is 16.7 Å². The van der Waals surface area contributed by atoms with Gasteiger partial charge in [0.2, 0.25) is 0 Å². The number of carboxylic acid groups (broad SMARTS) is 1. The molecule has 0 amide bonds. The quantitative estimate of drug-likeness (QED) is 0.481. The molecule has 0 spiro atoms. The molecule has 0 bridgehead atoms. The van der Waals surface area contributed by atoms with Crippen LogP contribution >= 0.6 is 0 Å². The van der Waals surface area contributed by atoms with E-state index in [1.54, 1.807) is 43.5 Å². The SMILES string of the molecule is COc1cc(OC)c2c(-c3cccc(-c4ccc(C(=O)O)cc4)c3)cc(=O)oc2c1. The van der Waals surface area contributed by atoms with Crippen LogP contribution < -0.4 is 15.1 Å². The van der Waals surface area contributed by atoms with E-state index in [4.69, 9.17) is 19.0 Å². The van der Waals surface area contributed by atoms with E-state index in [2.05, 4.69) is 0 Å². The van der Waals surface area contributed by atoms with Gasteiger partial charge in [0.05, 0.1) is 25.2 Å². The van der Waals surface area contributed by atoms with E-state index >= 15 is 0 Å². The van der Waals surface area contributed by atoms with Crippen molar-refractivity contribution in [2.45, 2.75) is 0 Å². The van der Waals surface area contributed by atoms with Crippen molar-refractivity contribution < 1.29 is 23.8 Å². The van der Waals surface area contributed by atoms with Gasteiger partial charge in [-0.15, -0.1) is 0 Å². The van der Waals surface area contributed by atoms with Crippen LogP contribution in [0, 0.1) is 0 Å². The zero-order valence-electron chi connectivity index (χ0n) is 16.3. The third kappa shape index (κ3) is 3.51. The van der Waals surface area contributed by atoms with Gasteiger partial charge in [0, 0.05) is 23.8 Å². The van der Waals surface area contributed by atoms with Crippen LogP contribution in [-0.2, 0) is 0 Å². The van der Waals surface area contributed by atoms with Gasteiger partial charge in [-0.3, -0.25) is 0 Å². The lowest BCUT2D eigenvalue weighted by Crippen LogP contribution is -2.00. The Morgan fingerprint density at radius 2 is 1.60 bits per heavy atom. The van der Waals surface area contributed by atoms with Gasteiger partial charge in [0.25, 0.3) is 0 Å². The van der Waals surface area contributed by atoms with Crippen molar-refractivity contribution in [2.24, 2.45) is 0 Å². The molecular formula is C24H18O6. The van der Waals surface area contributed by atoms with Crippen LogP contribution in [0.15, 0.2) is 75.9 Å². The predicted octanol–water partition coefficient (Wildman–Crippen LogP) is 4.84. The van der Waals surface area contributed by atoms with Gasteiger partial charge in [-0.2, -0.15) is 0 Å². The molecule has 0 unspecified atom stereocenters. The molecule has 0 atom stereocenters. The first-order chi connectivity index (χ1) is 14.5. The lowest BCUT2D eigenvalue weighted by molar-refractivity contribution is 0.0697. The van der Waals surface area contributed by atoms with Crippen LogP contribution in [-0.4, -0.2) is 25.3 Å². The van der Waals surface area contributed by atoms with E-state index in [-0.39, 0.29) is 5.56 Å². The molecule has 0 fully saturated rings. The number of methoxy groups -OCH3 is 2. The van der Waals surface area contributed by atoms with E-state index in [1.165, 1.54) is 13.2 Å². The van der Waals surface area contributed by atoms with Crippen molar-refractivity contribution in [3.63, 3.8) is 0 Å². The van der Waals surface area contributed by atoms with Crippen LogP contribution in [0.3, 0.4) is 0 Å². The summed E-state index contributed by atoms with van der Waals surface area (Å²) >= 11 is 0. The van der Waals surface area contributed by atoms with Crippen molar-refractivity contribution in [2.75, 3.05) is 14.2 Å². The van der Waals surface area contributed by atoms with Crippen LogP contribution in [0.2, 0.25) is 0 Å². The molecule has 0 saturated heterocycles. The lowest BCUT2D eigenvalue weighted by Gasteiger charge is -2.12. The molecular weight excluding hydrogens is 384 g/mol. The molecule has 4 rings (SSSR count). The zero-order chi connectivity index (χ0) is 21.3. The van der Waals surface area contributed by atoms with E-state index < -0.39 is 11.6 Å².